The Morgan fingerprint density at radius 2 is 1.56 bits per heavy atom. The number of aldehydes is 1. The summed E-state index contributed by atoms with van der Waals surface area (Å²) in [7, 11) is 2.18. The van der Waals surface area contributed by atoms with Gasteiger partial charge in [-0.3, -0.25) is 9.78 Å². The lowest BCUT2D eigenvalue weighted by atomic mass is 10.0. The van der Waals surface area contributed by atoms with Crippen LogP contribution in [0, 0.1) is 0 Å². The van der Waals surface area contributed by atoms with Crippen LogP contribution in [0.2, 0.25) is 0 Å². The van der Waals surface area contributed by atoms with Crippen molar-refractivity contribution >= 4 is 34.3 Å². The number of anilines is 3. The van der Waals surface area contributed by atoms with E-state index < -0.39 is 0 Å². The van der Waals surface area contributed by atoms with Crippen LogP contribution >= 0.6 is 0 Å². The van der Waals surface area contributed by atoms with Gasteiger partial charge in [-0.05, 0) is 60.6 Å². The van der Waals surface area contributed by atoms with Crippen molar-refractivity contribution in [1.29, 1.82) is 0 Å². The zero-order valence-electron chi connectivity index (χ0n) is 18.2. The van der Waals surface area contributed by atoms with Gasteiger partial charge in [-0.1, -0.05) is 30.3 Å². The lowest BCUT2D eigenvalue weighted by molar-refractivity contribution is 0.112. The largest absolute Gasteiger partial charge is 0.369 e. The molecule has 3 aromatic carbocycles. The number of aromatic nitrogens is 1. The second-order valence-electron chi connectivity index (χ2n) is 8.29. The fourth-order valence-electron chi connectivity index (χ4n) is 4.16. The number of piperazine rings is 1. The van der Waals surface area contributed by atoms with Gasteiger partial charge < -0.3 is 15.1 Å². The second-order valence-corrected chi connectivity index (χ2v) is 8.29. The topological polar surface area (TPSA) is 48.5 Å². The Labute approximate surface area is 188 Å². The second kappa shape index (κ2) is 8.81. The van der Waals surface area contributed by atoms with Gasteiger partial charge in [0.05, 0.1) is 5.52 Å². The van der Waals surface area contributed by atoms with Crippen LogP contribution in [-0.4, -0.2) is 49.4 Å². The molecule has 5 heteroatoms. The van der Waals surface area contributed by atoms with Crippen molar-refractivity contribution in [3.8, 4) is 11.1 Å². The van der Waals surface area contributed by atoms with Gasteiger partial charge >= 0.3 is 0 Å². The Hall–Kier alpha value is -3.70. The molecule has 4 aromatic rings. The first-order valence-electron chi connectivity index (χ1n) is 10.9. The fraction of sp³-hybridized carbons (Fsp3) is 0.185. The molecule has 32 heavy (non-hydrogen) atoms. The summed E-state index contributed by atoms with van der Waals surface area (Å²) < 4.78 is 0. The molecule has 0 aliphatic carbocycles. The molecule has 2 heterocycles. The Morgan fingerprint density at radius 1 is 0.844 bits per heavy atom. The lowest BCUT2D eigenvalue weighted by Crippen LogP contribution is -2.44. The number of hydrogen-bond donors (Lipinski definition) is 1. The molecule has 160 valence electrons. The number of pyridine rings is 1. The van der Waals surface area contributed by atoms with E-state index in [-0.39, 0.29) is 0 Å². The number of rotatable bonds is 5. The van der Waals surface area contributed by atoms with E-state index >= 15 is 0 Å². The molecule has 1 fully saturated rings. The van der Waals surface area contributed by atoms with E-state index in [1.807, 2.05) is 42.6 Å². The minimum atomic E-state index is 0.679. The van der Waals surface area contributed by atoms with Gasteiger partial charge in [0.15, 0.2) is 0 Å². The number of hydrogen-bond acceptors (Lipinski definition) is 5. The van der Waals surface area contributed by atoms with Crippen molar-refractivity contribution in [3.63, 3.8) is 0 Å². The number of nitrogens with zero attached hydrogens (tertiary/aromatic N) is 3. The third kappa shape index (κ3) is 4.20. The molecule has 0 radical (unpaired) electrons. The van der Waals surface area contributed by atoms with Crippen molar-refractivity contribution in [2.24, 2.45) is 0 Å². The van der Waals surface area contributed by atoms with E-state index in [1.54, 1.807) is 0 Å². The molecule has 1 aliphatic heterocycles. The van der Waals surface area contributed by atoms with Crippen LogP contribution in [0.3, 0.4) is 0 Å². The monoisotopic (exact) mass is 422 g/mol. The molecule has 1 saturated heterocycles. The molecular weight excluding hydrogens is 396 g/mol. The van der Waals surface area contributed by atoms with Gasteiger partial charge in [0.25, 0.3) is 0 Å². The molecular formula is C27H26N4O. The quantitative estimate of drug-likeness (QED) is 0.448. The maximum Gasteiger partial charge on any atom is 0.150 e. The van der Waals surface area contributed by atoms with Gasteiger partial charge in [0.2, 0.25) is 0 Å². The first-order valence-corrected chi connectivity index (χ1v) is 10.9. The molecule has 0 saturated carbocycles. The third-order valence-corrected chi connectivity index (χ3v) is 6.14. The van der Waals surface area contributed by atoms with Crippen molar-refractivity contribution in [1.82, 2.24) is 9.88 Å². The van der Waals surface area contributed by atoms with Gasteiger partial charge in [-0.2, -0.15) is 0 Å². The highest BCUT2D eigenvalue weighted by atomic mass is 16.1. The molecule has 0 bridgehead atoms. The van der Waals surface area contributed by atoms with Crippen molar-refractivity contribution < 1.29 is 4.79 Å². The van der Waals surface area contributed by atoms with Crippen molar-refractivity contribution in [3.05, 3.63) is 84.6 Å². The van der Waals surface area contributed by atoms with Gasteiger partial charge in [0, 0.05) is 60.4 Å². The van der Waals surface area contributed by atoms with E-state index in [0.717, 1.165) is 65.9 Å². The lowest BCUT2D eigenvalue weighted by Gasteiger charge is -2.34. The Balaban J connectivity index is 1.40. The molecule has 1 aliphatic rings. The molecule has 5 nitrogen and oxygen atoms in total. The van der Waals surface area contributed by atoms with Crippen LogP contribution in [0.25, 0.3) is 22.0 Å². The standard InChI is InChI=1S/C27H26N4O/c1-30-14-16-31(17-15-30)24-9-7-23(8-10-24)29-27-12-13-28-26-11-6-22(18-25(26)27)21-4-2-20(19-32)3-5-21/h2-13,18-19H,14-17H2,1H3,(H,28,29). The minimum absolute atomic E-state index is 0.679. The summed E-state index contributed by atoms with van der Waals surface area (Å²) in [5, 5.41) is 4.63. The number of fused-ring (bicyclic) bond motifs is 1. The Bertz CT molecular complexity index is 1230. The average molecular weight is 423 g/mol. The number of carbonyl (C=O) groups excluding carboxylic acids is 1. The summed E-state index contributed by atoms with van der Waals surface area (Å²) in [6.45, 7) is 4.33. The highest BCUT2D eigenvalue weighted by Crippen LogP contribution is 2.30. The first-order chi connectivity index (χ1) is 15.7. The molecule has 1 N–H and O–H groups in total. The first kappa shape index (κ1) is 20.2. The van der Waals surface area contributed by atoms with Crippen LogP contribution in [0.1, 0.15) is 10.4 Å². The minimum Gasteiger partial charge on any atom is -0.369 e. The van der Waals surface area contributed by atoms with Gasteiger partial charge in [-0.25, -0.2) is 0 Å². The highest BCUT2D eigenvalue weighted by molar-refractivity contribution is 5.95. The van der Waals surface area contributed by atoms with E-state index in [0.29, 0.717) is 5.56 Å². The summed E-state index contributed by atoms with van der Waals surface area (Å²) >= 11 is 0. The van der Waals surface area contributed by atoms with Crippen LogP contribution in [0.5, 0.6) is 0 Å². The van der Waals surface area contributed by atoms with Crippen LogP contribution in [-0.2, 0) is 0 Å². The Kier molecular flexibility index (Phi) is 5.57. The SMILES string of the molecule is CN1CCN(c2ccc(Nc3ccnc4ccc(-c5ccc(C=O)cc5)cc34)cc2)CC1. The summed E-state index contributed by atoms with van der Waals surface area (Å²) in [5.41, 5.74) is 7.13. The number of benzene rings is 3. The van der Waals surface area contributed by atoms with Crippen LogP contribution in [0.4, 0.5) is 17.1 Å². The molecule has 0 atom stereocenters. The highest BCUT2D eigenvalue weighted by Gasteiger charge is 2.14. The molecule has 5 rings (SSSR count). The zero-order valence-corrected chi connectivity index (χ0v) is 18.2. The fourth-order valence-corrected chi connectivity index (χ4v) is 4.16. The molecule has 0 unspecified atom stereocenters. The van der Waals surface area contributed by atoms with Crippen molar-refractivity contribution in [2.75, 3.05) is 43.4 Å². The third-order valence-electron chi connectivity index (χ3n) is 6.14. The number of carbonyl (C=O) groups is 1. The predicted molar refractivity (Wildman–Crippen MR) is 132 cm³/mol. The Morgan fingerprint density at radius 3 is 2.28 bits per heavy atom. The predicted octanol–water partition coefficient (Wildman–Crippen LogP) is 5.21. The summed E-state index contributed by atoms with van der Waals surface area (Å²) in [5.74, 6) is 0. The molecule has 0 amide bonds. The van der Waals surface area contributed by atoms with E-state index in [4.69, 9.17) is 0 Å². The van der Waals surface area contributed by atoms with Crippen LogP contribution < -0.4 is 10.2 Å². The maximum atomic E-state index is 11.0. The van der Waals surface area contributed by atoms with E-state index in [9.17, 15) is 4.79 Å². The van der Waals surface area contributed by atoms with Crippen LogP contribution in [0.15, 0.2) is 79.0 Å². The number of nitrogens with one attached hydrogen (secondary N) is 1. The van der Waals surface area contributed by atoms with Crippen molar-refractivity contribution in [2.45, 2.75) is 0 Å². The number of likely N-dealkylation sites (N-methyl/N-ethyl adjacent to an activating group) is 1. The summed E-state index contributed by atoms with van der Waals surface area (Å²) in [4.78, 5) is 20.3. The van der Waals surface area contributed by atoms with E-state index in [1.165, 1.54) is 5.69 Å². The zero-order chi connectivity index (χ0) is 21.9. The van der Waals surface area contributed by atoms with Gasteiger partial charge in [0.1, 0.15) is 6.29 Å². The maximum absolute atomic E-state index is 11.0. The van der Waals surface area contributed by atoms with E-state index in [2.05, 4.69) is 63.5 Å². The average Bonchev–Trinajstić information content (AvgIpc) is 2.85. The smallest absolute Gasteiger partial charge is 0.150 e. The normalized spacial score (nSPS) is 14.5. The van der Waals surface area contributed by atoms with Gasteiger partial charge in [-0.15, -0.1) is 0 Å². The summed E-state index contributed by atoms with van der Waals surface area (Å²) in [6, 6.07) is 24.6. The molecule has 0 spiro atoms. The molecule has 1 aromatic heterocycles. The summed E-state index contributed by atoms with van der Waals surface area (Å²) in [6.07, 6.45) is 2.70.